The van der Waals surface area contributed by atoms with E-state index in [0.29, 0.717) is 0 Å². The summed E-state index contributed by atoms with van der Waals surface area (Å²) in [5.74, 6) is 0. The zero-order chi connectivity index (χ0) is 11.2. The zero-order valence-corrected chi connectivity index (χ0v) is 11.6. The SMILES string of the molecule is CCCC[Si](C)(OCC)OC(C)(C)C. The predicted octanol–water partition coefficient (Wildman–Crippen LogP) is 3.71. The van der Waals surface area contributed by atoms with Gasteiger partial charge in [-0.15, -0.1) is 0 Å². The van der Waals surface area contributed by atoms with Gasteiger partial charge in [-0.05, 0) is 40.3 Å². The monoisotopic (exact) mass is 218 g/mol. The van der Waals surface area contributed by atoms with Gasteiger partial charge in [0.05, 0.1) is 5.60 Å². The fourth-order valence-electron chi connectivity index (χ4n) is 1.60. The van der Waals surface area contributed by atoms with Crippen LogP contribution in [-0.4, -0.2) is 20.8 Å². The molecule has 0 rings (SSSR count). The second kappa shape index (κ2) is 5.88. The fourth-order valence-corrected chi connectivity index (χ4v) is 4.81. The van der Waals surface area contributed by atoms with Crippen molar-refractivity contribution < 1.29 is 8.85 Å². The van der Waals surface area contributed by atoms with Crippen LogP contribution in [0.3, 0.4) is 0 Å². The summed E-state index contributed by atoms with van der Waals surface area (Å²) in [5, 5.41) is 0. The van der Waals surface area contributed by atoms with Crippen molar-refractivity contribution in [1.82, 2.24) is 0 Å². The van der Waals surface area contributed by atoms with E-state index in [1.54, 1.807) is 0 Å². The quantitative estimate of drug-likeness (QED) is 0.633. The minimum absolute atomic E-state index is 0.0795. The number of hydrogen-bond acceptors (Lipinski definition) is 2. The minimum Gasteiger partial charge on any atom is -0.395 e. The number of rotatable bonds is 6. The van der Waals surface area contributed by atoms with Crippen LogP contribution in [0.1, 0.15) is 47.5 Å². The van der Waals surface area contributed by atoms with E-state index in [1.807, 2.05) is 6.92 Å². The summed E-state index contributed by atoms with van der Waals surface area (Å²) in [6, 6.07) is 1.11. The smallest absolute Gasteiger partial charge is 0.335 e. The van der Waals surface area contributed by atoms with Crippen LogP contribution in [0.5, 0.6) is 0 Å². The Labute approximate surface area is 90.2 Å². The van der Waals surface area contributed by atoms with E-state index < -0.39 is 8.56 Å². The third kappa shape index (κ3) is 6.57. The molecule has 2 nitrogen and oxygen atoms in total. The van der Waals surface area contributed by atoms with Crippen molar-refractivity contribution in [2.75, 3.05) is 6.61 Å². The Kier molecular flexibility index (Phi) is 5.94. The summed E-state index contributed by atoms with van der Waals surface area (Å²) in [6.07, 6.45) is 2.42. The van der Waals surface area contributed by atoms with E-state index >= 15 is 0 Å². The van der Waals surface area contributed by atoms with Crippen LogP contribution in [-0.2, 0) is 8.85 Å². The van der Waals surface area contributed by atoms with Crippen molar-refractivity contribution in [1.29, 1.82) is 0 Å². The first kappa shape index (κ1) is 14.1. The van der Waals surface area contributed by atoms with E-state index in [4.69, 9.17) is 8.85 Å². The Hall–Kier alpha value is 0.137. The van der Waals surface area contributed by atoms with E-state index in [0.717, 1.165) is 12.7 Å². The summed E-state index contributed by atoms with van der Waals surface area (Å²) in [4.78, 5) is 0. The van der Waals surface area contributed by atoms with Crippen LogP contribution in [0.15, 0.2) is 0 Å². The molecule has 0 amide bonds. The van der Waals surface area contributed by atoms with Crippen molar-refractivity contribution in [2.24, 2.45) is 0 Å². The Morgan fingerprint density at radius 2 is 1.71 bits per heavy atom. The summed E-state index contributed by atoms with van der Waals surface area (Å²) in [6.45, 7) is 13.5. The van der Waals surface area contributed by atoms with E-state index in [2.05, 4.69) is 34.2 Å². The summed E-state index contributed by atoms with van der Waals surface area (Å²) in [7, 11) is -1.91. The van der Waals surface area contributed by atoms with Gasteiger partial charge < -0.3 is 8.85 Å². The van der Waals surface area contributed by atoms with E-state index in [9.17, 15) is 0 Å². The van der Waals surface area contributed by atoms with E-state index in [-0.39, 0.29) is 5.60 Å². The molecule has 0 aromatic rings. The third-order valence-electron chi connectivity index (χ3n) is 1.96. The predicted molar refractivity (Wildman–Crippen MR) is 63.8 cm³/mol. The largest absolute Gasteiger partial charge is 0.395 e. The van der Waals surface area contributed by atoms with Crippen LogP contribution in [0, 0.1) is 0 Å². The first-order chi connectivity index (χ1) is 6.33. The highest BCUT2D eigenvalue weighted by molar-refractivity contribution is 6.66. The molecule has 1 atom stereocenters. The highest BCUT2D eigenvalue weighted by atomic mass is 28.4. The van der Waals surface area contributed by atoms with Crippen molar-refractivity contribution in [2.45, 2.75) is 65.7 Å². The topological polar surface area (TPSA) is 18.5 Å². The minimum atomic E-state index is -1.91. The average molecular weight is 218 g/mol. The molecule has 0 heterocycles. The summed E-state index contributed by atoms with van der Waals surface area (Å²) in [5.41, 5.74) is -0.0795. The Morgan fingerprint density at radius 3 is 2.07 bits per heavy atom. The average Bonchev–Trinajstić information content (AvgIpc) is 1.98. The molecule has 0 N–H and O–H groups in total. The van der Waals surface area contributed by atoms with Gasteiger partial charge in [0.15, 0.2) is 0 Å². The normalized spacial score (nSPS) is 16.7. The molecule has 1 unspecified atom stereocenters. The molecule has 0 aliphatic rings. The molecule has 86 valence electrons. The molecule has 0 saturated carbocycles. The zero-order valence-electron chi connectivity index (χ0n) is 10.6. The highest BCUT2D eigenvalue weighted by Crippen LogP contribution is 2.23. The van der Waals surface area contributed by atoms with Crippen LogP contribution in [0.2, 0.25) is 12.6 Å². The van der Waals surface area contributed by atoms with Gasteiger partial charge in [-0.3, -0.25) is 0 Å². The van der Waals surface area contributed by atoms with Gasteiger partial charge in [0.25, 0.3) is 0 Å². The molecule has 0 radical (unpaired) electrons. The Bertz CT molecular complexity index is 154. The molecule has 0 fully saturated rings. The van der Waals surface area contributed by atoms with Crippen molar-refractivity contribution in [3.63, 3.8) is 0 Å². The summed E-state index contributed by atoms with van der Waals surface area (Å²) >= 11 is 0. The molecule has 14 heavy (non-hydrogen) atoms. The number of hydrogen-bond donors (Lipinski definition) is 0. The van der Waals surface area contributed by atoms with Gasteiger partial charge in [0, 0.05) is 6.61 Å². The Morgan fingerprint density at radius 1 is 1.14 bits per heavy atom. The van der Waals surface area contributed by atoms with Gasteiger partial charge in [0.2, 0.25) is 0 Å². The van der Waals surface area contributed by atoms with Crippen molar-refractivity contribution in [3.05, 3.63) is 0 Å². The highest BCUT2D eigenvalue weighted by Gasteiger charge is 2.34. The van der Waals surface area contributed by atoms with Crippen LogP contribution in [0.25, 0.3) is 0 Å². The maximum absolute atomic E-state index is 6.08. The van der Waals surface area contributed by atoms with Gasteiger partial charge >= 0.3 is 8.56 Å². The van der Waals surface area contributed by atoms with Gasteiger partial charge in [0.1, 0.15) is 0 Å². The molecule has 0 bridgehead atoms. The van der Waals surface area contributed by atoms with E-state index in [1.165, 1.54) is 12.8 Å². The van der Waals surface area contributed by atoms with Crippen LogP contribution in [0.4, 0.5) is 0 Å². The lowest BCUT2D eigenvalue weighted by molar-refractivity contribution is 0.0678. The molecule has 0 aliphatic heterocycles. The Balaban J connectivity index is 4.23. The standard InChI is InChI=1S/C11H26O2Si/c1-7-9-10-14(6,12-8-2)13-11(3,4)5/h7-10H2,1-6H3. The lowest BCUT2D eigenvalue weighted by atomic mass is 10.2. The molecular formula is C11H26O2Si. The fraction of sp³-hybridized carbons (Fsp3) is 1.00. The molecule has 0 saturated heterocycles. The molecule has 0 spiro atoms. The number of unbranched alkanes of at least 4 members (excludes halogenated alkanes) is 1. The second-order valence-corrected chi connectivity index (χ2v) is 8.15. The molecule has 0 aromatic carbocycles. The summed E-state index contributed by atoms with van der Waals surface area (Å²) < 4.78 is 11.9. The first-order valence-electron chi connectivity index (χ1n) is 5.67. The van der Waals surface area contributed by atoms with Gasteiger partial charge in [-0.2, -0.15) is 0 Å². The van der Waals surface area contributed by atoms with Crippen LogP contribution >= 0.6 is 0 Å². The van der Waals surface area contributed by atoms with Crippen molar-refractivity contribution in [3.8, 4) is 0 Å². The molecule has 3 heteroatoms. The molecule has 0 aliphatic carbocycles. The van der Waals surface area contributed by atoms with Gasteiger partial charge in [-0.1, -0.05) is 19.8 Å². The second-order valence-electron chi connectivity index (χ2n) is 4.88. The maximum Gasteiger partial charge on any atom is 0.335 e. The first-order valence-corrected chi connectivity index (χ1v) is 8.19. The van der Waals surface area contributed by atoms with Gasteiger partial charge in [-0.25, -0.2) is 0 Å². The lowest BCUT2D eigenvalue weighted by Gasteiger charge is -2.34. The third-order valence-corrected chi connectivity index (χ3v) is 5.16. The van der Waals surface area contributed by atoms with Crippen molar-refractivity contribution >= 4 is 8.56 Å². The molecule has 0 aromatic heterocycles. The molecular weight excluding hydrogens is 192 g/mol. The lowest BCUT2D eigenvalue weighted by Crippen LogP contribution is -2.44. The van der Waals surface area contributed by atoms with Crippen LogP contribution < -0.4 is 0 Å². The maximum atomic E-state index is 6.08.